The van der Waals surface area contributed by atoms with Gasteiger partial charge in [0.2, 0.25) is 0 Å². The fourth-order valence-corrected chi connectivity index (χ4v) is 4.44. The fraction of sp³-hybridized carbons (Fsp3) is 0.370. The molecule has 10 nitrogen and oxygen atoms in total. The molecule has 0 fully saturated rings. The monoisotopic (exact) mass is 661 g/mol. The number of amides is 1. The van der Waals surface area contributed by atoms with Crippen molar-refractivity contribution in [2.45, 2.75) is 38.6 Å². The first-order valence-corrected chi connectivity index (χ1v) is 14.2. The number of carbonyl (C=O) groups is 1. The Bertz CT molecular complexity index is 1270. The predicted octanol–water partition coefficient (Wildman–Crippen LogP) is 6.34. The number of halogens is 2. The van der Waals surface area contributed by atoms with E-state index in [4.69, 9.17) is 22.9 Å². The lowest BCUT2D eigenvalue weighted by atomic mass is 10.1. The van der Waals surface area contributed by atoms with Crippen molar-refractivity contribution >= 4 is 57.4 Å². The van der Waals surface area contributed by atoms with Gasteiger partial charge in [-0.15, -0.1) is 0 Å². The van der Waals surface area contributed by atoms with Crippen molar-refractivity contribution < 1.29 is 4.79 Å². The van der Waals surface area contributed by atoms with Gasteiger partial charge in [-0.25, -0.2) is 9.97 Å². The second kappa shape index (κ2) is 16.1. The van der Waals surface area contributed by atoms with Gasteiger partial charge in [-0.2, -0.15) is 0 Å². The number of azide groups is 1. The Balaban J connectivity index is 1.34. The summed E-state index contributed by atoms with van der Waals surface area (Å²) in [7, 11) is 2.13. The number of aromatic nitrogens is 2. The average molecular weight is 662 g/mol. The van der Waals surface area contributed by atoms with Crippen LogP contribution in [0.2, 0.25) is 5.15 Å². The molecule has 0 saturated carbocycles. The molecule has 0 unspecified atom stereocenters. The Morgan fingerprint density at radius 3 is 2.41 bits per heavy atom. The number of hydrogen-bond acceptors (Lipinski definition) is 7. The van der Waals surface area contributed by atoms with Crippen molar-refractivity contribution in [1.29, 1.82) is 0 Å². The van der Waals surface area contributed by atoms with Crippen LogP contribution in [0.25, 0.3) is 10.4 Å². The van der Waals surface area contributed by atoms with E-state index in [2.05, 4.69) is 89.4 Å². The number of nitrogens with zero attached hydrogens (tertiary/aromatic N) is 6. The van der Waals surface area contributed by atoms with E-state index in [0.717, 1.165) is 44.3 Å². The highest BCUT2D eigenvalue weighted by Crippen LogP contribution is 2.22. The maximum absolute atomic E-state index is 12.6. The highest BCUT2D eigenvalue weighted by Gasteiger charge is 2.16. The number of rotatable bonds is 15. The predicted molar refractivity (Wildman–Crippen MR) is 165 cm³/mol. The number of benzene rings is 2. The van der Waals surface area contributed by atoms with Gasteiger partial charge in [-0.3, -0.25) is 4.79 Å². The van der Waals surface area contributed by atoms with Gasteiger partial charge in [0.05, 0.1) is 0 Å². The molecule has 1 amide bonds. The maximum Gasteiger partial charge on any atom is 0.273 e. The number of hydrogen-bond donors (Lipinski definition) is 3. The van der Waals surface area contributed by atoms with E-state index in [1.165, 1.54) is 15.6 Å². The zero-order valence-electron chi connectivity index (χ0n) is 21.9. The number of aryl methyl sites for hydroxylation is 1. The summed E-state index contributed by atoms with van der Waals surface area (Å²) in [6, 6.07) is 15.8. The normalized spacial score (nSPS) is 10.8. The number of anilines is 2. The largest absolute Gasteiger partial charge is 0.382 e. The quantitative estimate of drug-likeness (QED) is 0.0570. The van der Waals surface area contributed by atoms with Gasteiger partial charge in [-0.1, -0.05) is 53.1 Å². The number of nitrogen functional groups attached to an aromatic ring is 1. The Labute approximate surface area is 247 Å². The summed E-state index contributed by atoms with van der Waals surface area (Å²) >= 11 is 8.59. The van der Waals surface area contributed by atoms with E-state index in [1.54, 1.807) is 12.1 Å². The summed E-state index contributed by atoms with van der Waals surface area (Å²) in [6.45, 7) is 2.95. The van der Waals surface area contributed by atoms with Crippen LogP contribution < -0.4 is 16.4 Å². The van der Waals surface area contributed by atoms with Gasteiger partial charge in [0.1, 0.15) is 0 Å². The van der Waals surface area contributed by atoms with Crippen LogP contribution in [0.4, 0.5) is 17.3 Å². The van der Waals surface area contributed by atoms with Crippen LogP contribution in [0.1, 0.15) is 47.3 Å². The molecule has 0 spiro atoms. The number of nitrogens with two attached hydrogens (primary N) is 1. The lowest BCUT2D eigenvalue weighted by Crippen LogP contribution is -2.28. The van der Waals surface area contributed by atoms with Gasteiger partial charge in [0, 0.05) is 27.3 Å². The molecule has 0 aliphatic heterocycles. The van der Waals surface area contributed by atoms with Crippen molar-refractivity contribution in [1.82, 2.24) is 20.2 Å². The summed E-state index contributed by atoms with van der Waals surface area (Å²) in [4.78, 5) is 26.0. The van der Waals surface area contributed by atoms with Crippen LogP contribution in [0.15, 0.2) is 53.6 Å². The molecule has 3 aromatic rings. The van der Waals surface area contributed by atoms with Crippen LogP contribution in [-0.4, -0.2) is 47.5 Å². The Morgan fingerprint density at radius 2 is 1.72 bits per heavy atom. The van der Waals surface area contributed by atoms with Crippen molar-refractivity contribution in [2.75, 3.05) is 37.7 Å². The topological polar surface area (TPSA) is 145 Å². The third-order valence-electron chi connectivity index (χ3n) is 6.07. The van der Waals surface area contributed by atoms with Crippen LogP contribution in [0.3, 0.4) is 0 Å². The van der Waals surface area contributed by atoms with Gasteiger partial charge >= 0.3 is 0 Å². The lowest BCUT2D eigenvalue weighted by molar-refractivity contribution is 0.0948. The number of nitrogens with one attached hydrogen (secondary N) is 2. The molecule has 4 N–H and O–H groups in total. The second-order valence-corrected chi connectivity index (χ2v) is 10.8. The third kappa shape index (κ3) is 10.5. The van der Waals surface area contributed by atoms with Crippen molar-refractivity contribution in [3.63, 3.8) is 0 Å². The smallest absolute Gasteiger partial charge is 0.273 e. The minimum atomic E-state index is -0.397. The molecule has 2 aromatic carbocycles. The van der Waals surface area contributed by atoms with Gasteiger partial charge in [0.15, 0.2) is 22.5 Å². The first-order valence-electron chi connectivity index (χ1n) is 12.8. The number of carbonyl (C=O) groups excluding carboxylic acids is 1. The second-order valence-electron chi connectivity index (χ2n) is 9.16. The third-order valence-corrected chi connectivity index (χ3v) is 7.06. The van der Waals surface area contributed by atoms with Crippen LogP contribution >= 0.6 is 34.2 Å². The molecular formula is C27H33ClIN9O. The molecule has 12 heteroatoms. The zero-order valence-corrected chi connectivity index (χ0v) is 24.8. The SMILES string of the molecule is CN(CCCCNC(=O)c1nc(Cl)c(NCc2ccc(N=[N+]=[N-])cc2)nc1N)CCCCc1ccc(I)cc1. The molecule has 1 aromatic heterocycles. The zero-order chi connectivity index (χ0) is 28.0. The Morgan fingerprint density at radius 1 is 1.05 bits per heavy atom. The molecule has 1 heterocycles. The molecule has 0 atom stereocenters. The van der Waals surface area contributed by atoms with Crippen LogP contribution in [-0.2, 0) is 13.0 Å². The summed E-state index contributed by atoms with van der Waals surface area (Å²) in [5.74, 6) is -0.111. The molecule has 0 aliphatic rings. The van der Waals surface area contributed by atoms with Gasteiger partial charge in [-0.05, 0) is 104 Å². The molecule has 206 valence electrons. The van der Waals surface area contributed by atoms with Crippen molar-refractivity contribution in [3.05, 3.63) is 84.5 Å². The highest BCUT2D eigenvalue weighted by atomic mass is 127. The number of unbranched alkanes of at least 4 members (excludes halogenated alkanes) is 2. The van der Waals surface area contributed by atoms with E-state index in [0.29, 0.717) is 18.8 Å². The highest BCUT2D eigenvalue weighted by molar-refractivity contribution is 14.1. The van der Waals surface area contributed by atoms with Crippen LogP contribution in [0, 0.1) is 3.57 Å². The van der Waals surface area contributed by atoms with E-state index >= 15 is 0 Å². The molecular weight excluding hydrogens is 629 g/mol. The Kier molecular flexibility index (Phi) is 12.6. The maximum atomic E-state index is 12.6. The van der Waals surface area contributed by atoms with Crippen LogP contribution in [0.5, 0.6) is 0 Å². The summed E-state index contributed by atoms with van der Waals surface area (Å²) in [5, 5.41) is 9.52. The summed E-state index contributed by atoms with van der Waals surface area (Å²) in [6.07, 6.45) is 5.26. The molecule has 39 heavy (non-hydrogen) atoms. The molecule has 0 saturated heterocycles. The first kappa shape index (κ1) is 30.4. The summed E-state index contributed by atoms with van der Waals surface area (Å²) < 4.78 is 1.27. The van der Waals surface area contributed by atoms with E-state index < -0.39 is 5.91 Å². The van der Waals surface area contributed by atoms with E-state index in [1.807, 2.05) is 12.1 Å². The molecule has 3 rings (SSSR count). The van der Waals surface area contributed by atoms with E-state index in [-0.39, 0.29) is 22.5 Å². The Hall–Kier alpha value is -3.12. The van der Waals surface area contributed by atoms with Crippen molar-refractivity contribution in [3.8, 4) is 0 Å². The van der Waals surface area contributed by atoms with Gasteiger partial charge in [0.25, 0.3) is 5.91 Å². The summed E-state index contributed by atoms with van der Waals surface area (Å²) in [5.41, 5.74) is 17.3. The van der Waals surface area contributed by atoms with E-state index in [9.17, 15) is 4.79 Å². The fourth-order valence-electron chi connectivity index (χ4n) is 3.89. The molecule has 0 radical (unpaired) electrons. The first-order chi connectivity index (χ1) is 18.9. The standard InChI is InChI=1S/C27H33ClIN9O/c1-38(16-4-2-6-19-7-11-21(29)12-8-19)17-5-3-15-32-27(39)23-25(30)35-26(24(28)34-23)33-18-20-9-13-22(14-10-20)36-37-31/h7-14H,2-6,15-18H2,1H3,(H,32,39)(H3,30,33,35). The molecule has 0 aliphatic carbocycles. The van der Waals surface area contributed by atoms with Gasteiger partial charge < -0.3 is 21.3 Å². The lowest BCUT2D eigenvalue weighted by Gasteiger charge is -2.16. The average Bonchev–Trinajstić information content (AvgIpc) is 2.93. The minimum absolute atomic E-state index is 0.00285. The minimum Gasteiger partial charge on any atom is -0.382 e. The van der Waals surface area contributed by atoms with Crippen molar-refractivity contribution in [2.24, 2.45) is 5.11 Å². The molecule has 0 bridgehead atoms.